The topological polar surface area (TPSA) is 166 Å². The van der Waals surface area contributed by atoms with Crippen molar-refractivity contribution in [3.05, 3.63) is 0 Å². The summed E-state index contributed by atoms with van der Waals surface area (Å²) in [7, 11) is 0. The van der Waals surface area contributed by atoms with Crippen LogP contribution in [-0.4, -0.2) is 15.8 Å². The maximum Gasteiger partial charge on any atom is 0.0557 e. The molecule has 0 amide bonds. The van der Waals surface area contributed by atoms with E-state index in [1.807, 2.05) is 0 Å². The van der Waals surface area contributed by atoms with Crippen molar-refractivity contribution in [1.29, 1.82) is 5.53 Å². The zero-order chi connectivity index (χ0) is 9.94. The normalized spacial score (nSPS) is 11.2. The smallest absolute Gasteiger partial charge is 0.0557 e. The monoisotopic (exact) mass is 197 g/mol. The summed E-state index contributed by atoms with van der Waals surface area (Å²) >= 11 is 0. The molecule has 13 nitrogen and oxygen atoms in total. The van der Waals surface area contributed by atoms with Crippen LogP contribution >= 0.6 is 0 Å². The molecule has 0 atom stereocenters. The Bertz CT molecular complexity index is 170. The van der Waals surface area contributed by atoms with Crippen molar-refractivity contribution in [3.63, 3.8) is 0 Å². The van der Waals surface area contributed by atoms with Crippen LogP contribution in [0.3, 0.4) is 0 Å². The Morgan fingerprint density at radius 1 is 1.00 bits per heavy atom. The average Bonchev–Trinajstić information content (AvgIpc) is 2.13. The second kappa shape index (κ2) is 8.46. The zero-order valence-corrected chi connectivity index (χ0v) is 5.71. The van der Waals surface area contributed by atoms with E-state index >= 15 is 0 Å². The third-order valence-electron chi connectivity index (χ3n) is 0.432. The summed E-state index contributed by atoms with van der Waals surface area (Å²) in [5.41, 5.74) is 6.11. The summed E-state index contributed by atoms with van der Waals surface area (Å²) in [5.74, 6) is 0. The van der Waals surface area contributed by atoms with E-state index in [1.54, 1.807) is 0 Å². The molecule has 13 heavy (non-hydrogen) atoms. The molecule has 0 saturated carbocycles. The molecule has 13 heteroatoms. The number of hydrogen-bond acceptors (Lipinski definition) is 8. The number of nitrogens with zero attached hydrogens (tertiary/aromatic N) is 6. The molecule has 74 valence electrons. The van der Waals surface area contributed by atoms with Crippen molar-refractivity contribution in [3.8, 4) is 0 Å². The fourth-order valence-corrected chi connectivity index (χ4v) is 0.188. The fraction of sp³-hybridized carbons (Fsp3) is 0. The van der Waals surface area contributed by atoms with Crippen molar-refractivity contribution >= 4 is 0 Å². The molecule has 0 aromatic carbocycles. The Hall–Kier alpha value is -1.64. The van der Waals surface area contributed by atoms with E-state index in [2.05, 4.69) is 46.2 Å². The van der Waals surface area contributed by atoms with Crippen molar-refractivity contribution in [2.45, 2.75) is 0 Å². The summed E-state index contributed by atoms with van der Waals surface area (Å²) in [6.07, 6.45) is 0. The first-order valence-corrected chi connectivity index (χ1v) is 2.29. The summed E-state index contributed by atoms with van der Waals surface area (Å²) in [5, 5.41) is 34.7. The third kappa shape index (κ3) is 6.75. The predicted octanol–water partition coefficient (Wildman–Crippen LogP) is 0.641. The molecule has 0 aliphatic rings. The van der Waals surface area contributed by atoms with Crippen LogP contribution < -0.4 is 0 Å². The van der Waals surface area contributed by atoms with Gasteiger partial charge < -0.3 is 0 Å². The molecule has 0 saturated heterocycles. The fourth-order valence-electron chi connectivity index (χ4n) is 0.188. The van der Waals surface area contributed by atoms with Gasteiger partial charge in [0.2, 0.25) is 0 Å². The molecule has 0 aliphatic carbocycles. The van der Waals surface area contributed by atoms with Gasteiger partial charge in [0, 0.05) is 10.4 Å². The lowest BCUT2D eigenvalue weighted by Gasteiger charge is -2.04. The summed E-state index contributed by atoms with van der Waals surface area (Å²) in [4.78, 5) is 7.21. The Labute approximate surface area is 68.8 Å². The first-order valence-electron chi connectivity index (χ1n) is 2.29. The molecule has 0 unspecified atom stereocenters. The van der Waals surface area contributed by atoms with E-state index in [-0.39, 0.29) is 5.34 Å². The third-order valence-corrected chi connectivity index (χ3v) is 0.432. The first kappa shape index (κ1) is 11.4. The highest BCUT2D eigenvalue weighted by Crippen LogP contribution is 1.95. The predicted molar refractivity (Wildman–Crippen MR) is 26.3 cm³/mol. The van der Waals surface area contributed by atoms with E-state index in [1.165, 1.54) is 0 Å². The van der Waals surface area contributed by atoms with Gasteiger partial charge in [0.25, 0.3) is 0 Å². The van der Waals surface area contributed by atoms with Crippen LogP contribution in [0.2, 0.25) is 0 Å². The van der Waals surface area contributed by atoms with Crippen LogP contribution in [0, 0.1) is 5.53 Å². The second-order valence-electron chi connectivity index (χ2n) is 0.994. The zero-order valence-electron chi connectivity index (χ0n) is 5.71. The van der Waals surface area contributed by atoms with Gasteiger partial charge in [-0.2, -0.15) is 5.53 Å². The second-order valence-corrected chi connectivity index (χ2v) is 0.994. The lowest BCUT2D eigenvalue weighted by molar-refractivity contribution is -0.703. The molecule has 0 fully saturated rings. The molecule has 0 bridgehead atoms. The van der Waals surface area contributed by atoms with E-state index in [0.29, 0.717) is 0 Å². The van der Waals surface area contributed by atoms with E-state index in [4.69, 9.17) is 16.0 Å². The van der Waals surface area contributed by atoms with Gasteiger partial charge >= 0.3 is 0 Å². The largest absolute Gasteiger partial charge is 0.219 e. The van der Waals surface area contributed by atoms with E-state index in [9.17, 15) is 0 Å². The van der Waals surface area contributed by atoms with Crippen LogP contribution in [-0.2, 0) is 20.1 Å². The van der Waals surface area contributed by atoms with Crippen molar-refractivity contribution in [2.75, 3.05) is 0 Å². The van der Waals surface area contributed by atoms with Gasteiger partial charge in [0.15, 0.2) is 0 Å². The lowest BCUT2D eigenvalue weighted by Crippen LogP contribution is -2.17. The maximum atomic E-state index is 7.68. The minimum absolute atomic E-state index is 0.136. The summed E-state index contributed by atoms with van der Waals surface area (Å²) in [6.45, 7) is 0. The Morgan fingerprint density at radius 3 is 2.08 bits per heavy atom. The van der Waals surface area contributed by atoms with E-state index < -0.39 is 0 Å². The van der Waals surface area contributed by atoms with Crippen molar-refractivity contribution in [1.82, 2.24) is 5.34 Å². The molecule has 3 N–H and O–H groups in total. The first-order chi connectivity index (χ1) is 6.35. The Morgan fingerprint density at radius 2 is 1.62 bits per heavy atom. The minimum atomic E-state index is -0.136. The molecule has 0 aromatic heterocycles. The van der Waals surface area contributed by atoms with Gasteiger partial charge in [0.05, 0.1) is 5.34 Å². The number of nitrogens with one attached hydrogen (secondary N) is 1. The maximum absolute atomic E-state index is 7.68. The standard InChI is InChI=1S/H3N7O6/c1-2-3-4-5-6-7(10-12-8)11-13-9/h1,8-9H/b2-1?,4-3+,6-5+. The van der Waals surface area contributed by atoms with Gasteiger partial charge in [-0.3, -0.25) is 0 Å². The number of hydrogen-bond donors (Lipinski definition) is 3. The quantitative estimate of drug-likeness (QED) is 0.305. The molecule has 0 radical (unpaired) electrons. The Balaban J connectivity index is 3.84. The van der Waals surface area contributed by atoms with Crippen molar-refractivity contribution in [2.24, 2.45) is 26.1 Å². The van der Waals surface area contributed by atoms with Crippen molar-refractivity contribution < 1.29 is 30.6 Å². The van der Waals surface area contributed by atoms with Gasteiger partial charge in [-0.15, -0.1) is 0 Å². The summed E-state index contributed by atoms with van der Waals surface area (Å²) < 4.78 is 0. The van der Waals surface area contributed by atoms with Crippen LogP contribution in [0.25, 0.3) is 0 Å². The number of rotatable bonds is 7. The molecular weight excluding hydrogens is 194 g/mol. The van der Waals surface area contributed by atoms with Gasteiger partial charge in [-0.25, -0.2) is 10.5 Å². The summed E-state index contributed by atoms with van der Waals surface area (Å²) in [6, 6.07) is 0. The SMILES string of the molecule is N=N/N=N/N=N/N(OOO)OOO. The average molecular weight is 197 g/mol. The van der Waals surface area contributed by atoms with Crippen LogP contribution in [0.1, 0.15) is 0 Å². The Kier molecular flexibility index (Phi) is 7.39. The lowest BCUT2D eigenvalue weighted by atomic mass is 12.4. The molecule has 0 heterocycles. The molecule has 0 rings (SSSR count). The molecule has 0 spiro atoms. The highest BCUT2D eigenvalue weighted by molar-refractivity contribution is 4.02. The van der Waals surface area contributed by atoms with Crippen LogP contribution in [0.5, 0.6) is 0 Å². The molecule has 0 aromatic rings. The van der Waals surface area contributed by atoms with E-state index in [0.717, 1.165) is 0 Å². The molecular formula is H3N7O6. The van der Waals surface area contributed by atoms with Crippen LogP contribution in [0.15, 0.2) is 26.1 Å². The minimum Gasteiger partial charge on any atom is -0.219 e. The van der Waals surface area contributed by atoms with Crippen LogP contribution in [0.4, 0.5) is 0 Å². The highest BCUT2D eigenvalue weighted by atomic mass is 17.6. The highest BCUT2D eigenvalue weighted by Gasteiger charge is 2.04. The molecule has 0 aliphatic heterocycles. The van der Waals surface area contributed by atoms with Gasteiger partial charge in [0.1, 0.15) is 0 Å². The van der Waals surface area contributed by atoms with Gasteiger partial charge in [-0.1, -0.05) is 0 Å². The van der Waals surface area contributed by atoms with Gasteiger partial charge in [-0.05, 0) is 35.7 Å².